The summed E-state index contributed by atoms with van der Waals surface area (Å²) in [7, 11) is 0. The van der Waals surface area contributed by atoms with E-state index in [1.54, 1.807) is 11.8 Å². The van der Waals surface area contributed by atoms with Gasteiger partial charge in [0.2, 0.25) is 0 Å². The lowest BCUT2D eigenvalue weighted by molar-refractivity contribution is -0.142. The van der Waals surface area contributed by atoms with Gasteiger partial charge in [-0.05, 0) is 49.2 Å². The molecular weight excluding hydrogens is 294 g/mol. The fourth-order valence-corrected chi connectivity index (χ4v) is 3.65. The molecule has 2 aromatic rings. The minimum atomic E-state index is -0.700. The highest BCUT2D eigenvalue weighted by atomic mass is 32.2. The molecule has 3 rings (SSSR count). The Morgan fingerprint density at radius 2 is 1.77 bits per heavy atom. The van der Waals surface area contributed by atoms with Gasteiger partial charge >= 0.3 is 5.97 Å². The first-order valence-corrected chi connectivity index (χ1v) is 8.33. The van der Waals surface area contributed by atoms with Gasteiger partial charge in [-0.15, -0.1) is 0 Å². The van der Waals surface area contributed by atoms with Crippen LogP contribution < -0.4 is 0 Å². The van der Waals surface area contributed by atoms with Gasteiger partial charge in [-0.25, -0.2) is 0 Å². The molecule has 0 spiro atoms. The van der Waals surface area contributed by atoms with Crippen molar-refractivity contribution >= 4 is 17.7 Å². The first-order valence-electron chi connectivity index (χ1n) is 7.51. The normalized spacial score (nSPS) is 18.5. The van der Waals surface area contributed by atoms with Crippen LogP contribution in [-0.2, 0) is 11.3 Å². The van der Waals surface area contributed by atoms with E-state index in [0.29, 0.717) is 6.54 Å². The van der Waals surface area contributed by atoms with E-state index in [1.807, 2.05) is 18.2 Å². The molecule has 0 aliphatic carbocycles. The molecule has 4 heteroatoms. The van der Waals surface area contributed by atoms with Crippen molar-refractivity contribution in [2.45, 2.75) is 35.2 Å². The van der Waals surface area contributed by atoms with Crippen LogP contribution in [0.5, 0.6) is 0 Å². The Morgan fingerprint density at radius 1 is 1.09 bits per heavy atom. The summed E-state index contributed by atoms with van der Waals surface area (Å²) in [5.74, 6) is -0.700. The lowest BCUT2D eigenvalue weighted by Crippen LogP contribution is -2.35. The van der Waals surface area contributed by atoms with Crippen molar-refractivity contribution in [1.82, 2.24) is 4.90 Å². The number of likely N-dealkylation sites (tertiary alicyclic amines) is 1. The molecule has 2 aromatic carbocycles. The maximum absolute atomic E-state index is 11.2. The van der Waals surface area contributed by atoms with Gasteiger partial charge in [0.15, 0.2) is 0 Å². The van der Waals surface area contributed by atoms with Crippen LogP contribution in [0, 0.1) is 0 Å². The van der Waals surface area contributed by atoms with Crippen molar-refractivity contribution in [3.05, 3.63) is 60.2 Å². The van der Waals surface area contributed by atoms with E-state index in [4.69, 9.17) is 0 Å². The fourth-order valence-electron chi connectivity index (χ4n) is 2.82. The van der Waals surface area contributed by atoms with Crippen LogP contribution in [0.1, 0.15) is 18.4 Å². The molecule has 1 aliphatic heterocycles. The van der Waals surface area contributed by atoms with Crippen molar-refractivity contribution in [2.75, 3.05) is 6.54 Å². The Hall–Kier alpha value is -1.78. The molecule has 0 saturated carbocycles. The fraction of sp³-hybridized carbons (Fsp3) is 0.278. The standard InChI is InChI=1S/C18H19NO2S/c20-18(21)17-7-4-12-19(17)13-14-8-10-16(11-9-14)22-15-5-2-1-3-6-15/h1-3,5-6,8-11,17H,4,7,12-13H2,(H,20,21)/t17-/m0/s1. The van der Waals surface area contributed by atoms with Gasteiger partial charge < -0.3 is 5.11 Å². The molecular formula is C18H19NO2S. The highest BCUT2D eigenvalue weighted by Crippen LogP contribution is 2.28. The summed E-state index contributed by atoms with van der Waals surface area (Å²) in [5.41, 5.74) is 1.17. The van der Waals surface area contributed by atoms with Crippen molar-refractivity contribution < 1.29 is 9.90 Å². The Kier molecular flexibility index (Phi) is 4.80. The van der Waals surface area contributed by atoms with Crippen molar-refractivity contribution in [3.63, 3.8) is 0 Å². The van der Waals surface area contributed by atoms with E-state index in [1.165, 1.54) is 15.4 Å². The number of aliphatic carboxylic acids is 1. The molecule has 114 valence electrons. The van der Waals surface area contributed by atoms with Crippen LogP contribution in [0.4, 0.5) is 0 Å². The van der Waals surface area contributed by atoms with Crippen molar-refractivity contribution in [1.29, 1.82) is 0 Å². The minimum Gasteiger partial charge on any atom is -0.480 e. The molecule has 1 aliphatic rings. The summed E-state index contributed by atoms with van der Waals surface area (Å²) >= 11 is 1.74. The highest BCUT2D eigenvalue weighted by molar-refractivity contribution is 7.99. The Balaban J connectivity index is 1.63. The molecule has 0 bridgehead atoms. The van der Waals surface area contributed by atoms with Crippen molar-refractivity contribution in [3.8, 4) is 0 Å². The summed E-state index contributed by atoms with van der Waals surface area (Å²) in [6.07, 6.45) is 1.73. The molecule has 1 fully saturated rings. The lowest BCUT2D eigenvalue weighted by Gasteiger charge is -2.21. The van der Waals surface area contributed by atoms with E-state index >= 15 is 0 Å². The predicted molar refractivity (Wildman–Crippen MR) is 88.1 cm³/mol. The van der Waals surface area contributed by atoms with Gasteiger partial charge in [-0.3, -0.25) is 9.69 Å². The summed E-state index contributed by atoms with van der Waals surface area (Å²) in [6, 6.07) is 18.4. The average Bonchev–Trinajstić information content (AvgIpc) is 2.99. The Bertz CT molecular complexity index is 627. The molecule has 0 unspecified atom stereocenters. The second kappa shape index (κ2) is 6.99. The number of rotatable bonds is 5. The predicted octanol–water partition coefficient (Wildman–Crippen LogP) is 3.89. The molecule has 1 heterocycles. The molecule has 1 atom stereocenters. The third kappa shape index (κ3) is 3.70. The van der Waals surface area contributed by atoms with Gasteiger partial charge in [-0.2, -0.15) is 0 Å². The SMILES string of the molecule is O=C(O)[C@@H]1CCCN1Cc1ccc(Sc2ccccc2)cc1. The van der Waals surface area contributed by atoms with Gasteiger partial charge in [-0.1, -0.05) is 42.1 Å². The van der Waals surface area contributed by atoms with E-state index in [-0.39, 0.29) is 6.04 Å². The second-order valence-electron chi connectivity index (χ2n) is 5.53. The summed E-state index contributed by atoms with van der Waals surface area (Å²) < 4.78 is 0. The summed E-state index contributed by atoms with van der Waals surface area (Å²) in [6.45, 7) is 1.59. The number of nitrogens with zero attached hydrogens (tertiary/aromatic N) is 1. The van der Waals surface area contributed by atoms with Crippen LogP contribution in [-0.4, -0.2) is 28.6 Å². The van der Waals surface area contributed by atoms with Crippen LogP contribution in [0.3, 0.4) is 0 Å². The Morgan fingerprint density at radius 3 is 2.45 bits per heavy atom. The van der Waals surface area contributed by atoms with E-state index in [0.717, 1.165) is 19.4 Å². The third-order valence-corrected chi connectivity index (χ3v) is 4.95. The first-order chi connectivity index (χ1) is 10.7. The minimum absolute atomic E-state index is 0.321. The van der Waals surface area contributed by atoms with Gasteiger partial charge in [0.05, 0.1) is 0 Å². The monoisotopic (exact) mass is 313 g/mol. The van der Waals surface area contributed by atoms with Gasteiger partial charge in [0.25, 0.3) is 0 Å². The molecule has 1 N–H and O–H groups in total. The smallest absolute Gasteiger partial charge is 0.320 e. The van der Waals surface area contributed by atoms with E-state index in [9.17, 15) is 9.90 Å². The maximum atomic E-state index is 11.2. The zero-order valence-electron chi connectivity index (χ0n) is 12.3. The summed E-state index contributed by atoms with van der Waals surface area (Å²) in [5, 5.41) is 9.22. The van der Waals surface area contributed by atoms with Gasteiger partial charge in [0.1, 0.15) is 6.04 Å². The lowest BCUT2D eigenvalue weighted by atomic mass is 10.2. The maximum Gasteiger partial charge on any atom is 0.320 e. The number of carboxylic acid groups (broad SMARTS) is 1. The van der Waals surface area contributed by atoms with Crippen LogP contribution in [0.2, 0.25) is 0 Å². The first kappa shape index (κ1) is 15.1. The number of carbonyl (C=O) groups is 1. The summed E-state index contributed by atoms with van der Waals surface area (Å²) in [4.78, 5) is 15.7. The zero-order chi connectivity index (χ0) is 15.4. The molecule has 22 heavy (non-hydrogen) atoms. The molecule has 1 saturated heterocycles. The van der Waals surface area contributed by atoms with Crippen LogP contribution in [0.25, 0.3) is 0 Å². The molecule has 0 amide bonds. The van der Waals surface area contributed by atoms with E-state index in [2.05, 4.69) is 41.3 Å². The topological polar surface area (TPSA) is 40.5 Å². The molecule has 0 radical (unpaired) electrons. The largest absolute Gasteiger partial charge is 0.480 e. The van der Waals surface area contributed by atoms with Crippen LogP contribution >= 0.6 is 11.8 Å². The molecule has 0 aromatic heterocycles. The highest BCUT2D eigenvalue weighted by Gasteiger charge is 2.30. The van der Waals surface area contributed by atoms with Gasteiger partial charge in [0, 0.05) is 16.3 Å². The number of hydrogen-bond acceptors (Lipinski definition) is 3. The third-order valence-electron chi connectivity index (χ3n) is 3.94. The molecule has 3 nitrogen and oxygen atoms in total. The number of benzene rings is 2. The second-order valence-corrected chi connectivity index (χ2v) is 6.67. The number of carboxylic acids is 1. The van der Waals surface area contributed by atoms with Crippen LogP contribution in [0.15, 0.2) is 64.4 Å². The quantitative estimate of drug-likeness (QED) is 0.909. The van der Waals surface area contributed by atoms with E-state index < -0.39 is 5.97 Å². The average molecular weight is 313 g/mol. The van der Waals surface area contributed by atoms with Crippen molar-refractivity contribution in [2.24, 2.45) is 0 Å². The zero-order valence-corrected chi connectivity index (χ0v) is 13.1. The number of hydrogen-bond donors (Lipinski definition) is 1. The Labute approximate surface area is 135 Å².